The molecule has 2 amide bonds. The first kappa shape index (κ1) is 16.6. The molecule has 1 atom stereocenters. The summed E-state index contributed by atoms with van der Waals surface area (Å²) in [5.74, 6) is 0.828. The number of carbonyl (C=O) groups is 2. The van der Waals surface area contributed by atoms with Gasteiger partial charge < -0.3 is 14.7 Å². The monoisotopic (exact) mass is 350 g/mol. The van der Waals surface area contributed by atoms with E-state index in [1.807, 2.05) is 53.4 Å². The van der Waals surface area contributed by atoms with E-state index < -0.39 is 0 Å². The van der Waals surface area contributed by atoms with E-state index in [4.69, 9.17) is 0 Å². The predicted molar refractivity (Wildman–Crippen MR) is 99.9 cm³/mol. The highest BCUT2D eigenvalue weighted by Crippen LogP contribution is 2.26. The fraction of sp³-hybridized carbons (Fsp3) is 0.350. The lowest BCUT2D eigenvalue weighted by Crippen LogP contribution is -2.51. The molecule has 0 N–H and O–H groups in total. The zero-order chi connectivity index (χ0) is 17.9. The van der Waals surface area contributed by atoms with Crippen LogP contribution in [0.3, 0.4) is 0 Å². The quantitative estimate of drug-likeness (QED) is 0.847. The first-order valence-electron chi connectivity index (χ1n) is 9.02. The molecule has 1 aromatic carbocycles. The van der Waals surface area contributed by atoms with Crippen LogP contribution in [0, 0.1) is 5.92 Å². The number of benzene rings is 1. The summed E-state index contributed by atoms with van der Waals surface area (Å²) in [5.41, 5.74) is 0.868. The van der Waals surface area contributed by atoms with Crippen molar-refractivity contribution in [3.05, 3.63) is 54.7 Å². The van der Waals surface area contributed by atoms with Crippen LogP contribution < -0.4 is 9.80 Å². The number of carbonyl (C=O) groups excluding carboxylic acids is 2. The molecule has 2 aliphatic rings. The van der Waals surface area contributed by atoms with Crippen LogP contribution in [0.5, 0.6) is 0 Å². The maximum absolute atomic E-state index is 12.9. The van der Waals surface area contributed by atoms with Gasteiger partial charge in [0.15, 0.2) is 0 Å². The average Bonchev–Trinajstić information content (AvgIpc) is 3.10. The molecule has 134 valence electrons. The third-order valence-corrected chi connectivity index (χ3v) is 5.11. The van der Waals surface area contributed by atoms with E-state index in [1.165, 1.54) is 0 Å². The fourth-order valence-corrected chi connectivity index (χ4v) is 3.69. The Morgan fingerprint density at radius 3 is 2.38 bits per heavy atom. The third kappa shape index (κ3) is 3.27. The molecule has 6 heteroatoms. The lowest BCUT2D eigenvalue weighted by atomic mass is 10.1. The second-order valence-electron chi connectivity index (χ2n) is 6.74. The average molecular weight is 350 g/mol. The summed E-state index contributed by atoms with van der Waals surface area (Å²) < 4.78 is 0. The van der Waals surface area contributed by atoms with Crippen LogP contribution in [0.4, 0.5) is 11.5 Å². The van der Waals surface area contributed by atoms with E-state index in [0.717, 1.165) is 24.6 Å². The van der Waals surface area contributed by atoms with Crippen LogP contribution in [0.1, 0.15) is 6.42 Å². The molecular formula is C20H22N4O2. The van der Waals surface area contributed by atoms with Gasteiger partial charge in [0, 0.05) is 51.0 Å². The van der Waals surface area contributed by atoms with E-state index in [0.29, 0.717) is 26.1 Å². The number of pyridine rings is 1. The number of para-hydroxylation sites is 1. The van der Waals surface area contributed by atoms with E-state index in [2.05, 4.69) is 9.88 Å². The largest absolute Gasteiger partial charge is 0.353 e. The van der Waals surface area contributed by atoms with Crippen molar-refractivity contribution in [2.24, 2.45) is 5.92 Å². The minimum absolute atomic E-state index is 0.0293. The van der Waals surface area contributed by atoms with E-state index in [-0.39, 0.29) is 17.7 Å². The Kier molecular flexibility index (Phi) is 4.56. The van der Waals surface area contributed by atoms with Gasteiger partial charge in [-0.2, -0.15) is 0 Å². The van der Waals surface area contributed by atoms with Gasteiger partial charge in [0.25, 0.3) is 0 Å². The molecule has 1 aromatic heterocycles. The van der Waals surface area contributed by atoms with Gasteiger partial charge in [0.1, 0.15) is 5.82 Å². The number of amides is 2. The van der Waals surface area contributed by atoms with Crippen molar-refractivity contribution in [1.29, 1.82) is 0 Å². The molecule has 0 spiro atoms. The first-order chi connectivity index (χ1) is 12.7. The van der Waals surface area contributed by atoms with Crippen LogP contribution >= 0.6 is 0 Å². The lowest BCUT2D eigenvalue weighted by Gasteiger charge is -2.36. The normalized spacial score (nSPS) is 20.5. The second kappa shape index (κ2) is 7.15. The molecule has 2 aromatic rings. The van der Waals surface area contributed by atoms with E-state index in [1.54, 1.807) is 11.1 Å². The molecule has 0 bridgehead atoms. The lowest BCUT2D eigenvalue weighted by molar-refractivity contribution is -0.136. The fourth-order valence-electron chi connectivity index (χ4n) is 3.69. The van der Waals surface area contributed by atoms with Gasteiger partial charge in [-0.25, -0.2) is 4.98 Å². The van der Waals surface area contributed by atoms with Gasteiger partial charge in [0.2, 0.25) is 11.8 Å². The van der Waals surface area contributed by atoms with Crippen molar-refractivity contribution >= 4 is 23.3 Å². The first-order valence-corrected chi connectivity index (χ1v) is 9.02. The van der Waals surface area contributed by atoms with Crippen molar-refractivity contribution in [1.82, 2.24) is 9.88 Å². The van der Waals surface area contributed by atoms with E-state index in [9.17, 15) is 9.59 Å². The van der Waals surface area contributed by atoms with Crippen molar-refractivity contribution in [2.75, 3.05) is 42.5 Å². The van der Waals surface area contributed by atoms with Crippen LogP contribution in [-0.4, -0.2) is 54.4 Å². The highest BCUT2D eigenvalue weighted by molar-refractivity contribution is 6.00. The zero-order valence-corrected chi connectivity index (χ0v) is 14.6. The standard InChI is InChI=1S/C20H22N4O2/c25-19-14-16(15-24(19)17-6-2-1-3-7-17)20(26)23-12-10-22(11-13-23)18-8-4-5-9-21-18/h1-9,16H,10-15H2/t16-/m0/s1. The summed E-state index contributed by atoms with van der Waals surface area (Å²) in [6, 6.07) is 15.4. The molecule has 6 nitrogen and oxygen atoms in total. The molecule has 0 aliphatic carbocycles. The summed E-state index contributed by atoms with van der Waals surface area (Å²) in [6.07, 6.45) is 2.09. The van der Waals surface area contributed by atoms with Crippen LogP contribution in [0.25, 0.3) is 0 Å². The summed E-state index contributed by atoms with van der Waals surface area (Å²) in [7, 11) is 0. The van der Waals surface area contributed by atoms with Gasteiger partial charge in [-0.15, -0.1) is 0 Å². The summed E-state index contributed by atoms with van der Waals surface area (Å²) in [6.45, 7) is 3.36. The van der Waals surface area contributed by atoms with E-state index >= 15 is 0 Å². The minimum atomic E-state index is -0.246. The summed E-state index contributed by atoms with van der Waals surface area (Å²) >= 11 is 0. The predicted octanol–water partition coefficient (Wildman–Crippen LogP) is 1.78. The van der Waals surface area contributed by atoms with Crippen molar-refractivity contribution < 1.29 is 9.59 Å². The van der Waals surface area contributed by atoms with Gasteiger partial charge in [0.05, 0.1) is 5.92 Å². The number of anilines is 2. The maximum Gasteiger partial charge on any atom is 0.228 e. The van der Waals surface area contributed by atoms with Crippen molar-refractivity contribution in [2.45, 2.75) is 6.42 Å². The Hall–Kier alpha value is -2.89. The van der Waals surface area contributed by atoms with Gasteiger partial charge in [-0.05, 0) is 24.3 Å². The third-order valence-electron chi connectivity index (χ3n) is 5.11. The molecule has 2 fully saturated rings. The summed E-state index contributed by atoms with van der Waals surface area (Å²) in [4.78, 5) is 35.4. The Bertz CT molecular complexity index is 773. The molecule has 3 heterocycles. The van der Waals surface area contributed by atoms with Gasteiger partial charge >= 0.3 is 0 Å². The minimum Gasteiger partial charge on any atom is -0.353 e. The highest BCUT2D eigenvalue weighted by Gasteiger charge is 2.37. The van der Waals surface area contributed by atoms with Crippen molar-refractivity contribution in [3.63, 3.8) is 0 Å². The Morgan fingerprint density at radius 1 is 0.962 bits per heavy atom. The van der Waals surface area contributed by atoms with Crippen LogP contribution in [0.15, 0.2) is 54.7 Å². The molecule has 0 saturated carbocycles. The number of hydrogen-bond donors (Lipinski definition) is 0. The topological polar surface area (TPSA) is 56.8 Å². The molecule has 2 aliphatic heterocycles. The van der Waals surface area contributed by atoms with Crippen LogP contribution in [0.2, 0.25) is 0 Å². The molecule has 2 saturated heterocycles. The Morgan fingerprint density at radius 2 is 1.69 bits per heavy atom. The molecule has 4 rings (SSSR count). The SMILES string of the molecule is O=C([C@H]1CC(=O)N(c2ccccc2)C1)N1CCN(c2ccccn2)CC1. The number of rotatable bonds is 3. The van der Waals surface area contributed by atoms with Gasteiger partial charge in [-0.3, -0.25) is 9.59 Å². The maximum atomic E-state index is 12.9. The number of piperazine rings is 1. The highest BCUT2D eigenvalue weighted by atomic mass is 16.2. The smallest absolute Gasteiger partial charge is 0.228 e. The Labute approximate surface area is 153 Å². The molecule has 26 heavy (non-hydrogen) atoms. The number of aromatic nitrogens is 1. The number of nitrogens with zero attached hydrogens (tertiary/aromatic N) is 4. The Balaban J connectivity index is 1.36. The zero-order valence-electron chi connectivity index (χ0n) is 14.6. The molecular weight excluding hydrogens is 328 g/mol. The van der Waals surface area contributed by atoms with Crippen LogP contribution in [-0.2, 0) is 9.59 Å². The second-order valence-corrected chi connectivity index (χ2v) is 6.74. The van der Waals surface area contributed by atoms with Gasteiger partial charge in [-0.1, -0.05) is 24.3 Å². The molecule has 0 unspecified atom stereocenters. The van der Waals surface area contributed by atoms with Crippen molar-refractivity contribution in [3.8, 4) is 0 Å². The summed E-state index contributed by atoms with van der Waals surface area (Å²) in [5, 5.41) is 0. The number of hydrogen-bond acceptors (Lipinski definition) is 4. The molecule has 0 radical (unpaired) electrons.